The monoisotopic (exact) mass is 455 g/mol. The van der Waals surface area contributed by atoms with Gasteiger partial charge in [0.1, 0.15) is 11.3 Å². The predicted octanol–water partition coefficient (Wildman–Crippen LogP) is 5.32. The summed E-state index contributed by atoms with van der Waals surface area (Å²) >= 11 is 0. The molecule has 2 aromatic rings. The number of fused-ring (bicyclic) bond motifs is 1. The number of halogens is 3. The minimum absolute atomic E-state index is 0.333. The van der Waals surface area contributed by atoms with E-state index in [1.54, 1.807) is 36.6 Å². The molecule has 0 atom stereocenters. The molecular formula is C25H24F3N3O2. The SMILES string of the molecule is Cc1ncc(CNC2(C#N)C=CC(c3cccc(C(F)(F)F)c3)C=C2)c2c1OC(C)(C)OC2. The van der Waals surface area contributed by atoms with Gasteiger partial charge in [0.2, 0.25) is 5.79 Å². The van der Waals surface area contributed by atoms with Crippen LogP contribution in [0.25, 0.3) is 0 Å². The van der Waals surface area contributed by atoms with Gasteiger partial charge in [-0.25, -0.2) is 0 Å². The van der Waals surface area contributed by atoms with Crippen LogP contribution in [0.3, 0.4) is 0 Å². The maximum Gasteiger partial charge on any atom is 0.416 e. The molecule has 2 heterocycles. The second kappa shape index (κ2) is 8.32. The molecule has 0 saturated heterocycles. The van der Waals surface area contributed by atoms with Gasteiger partial charge in [-0.2, -0.15) is 18.4 Å². The van der Waals surface area contributed by atoms with Gasteiger partial charge in [-0.1, -0.05) is 30.4 Å². The van der Waals surface area contributed by atoms with Crippen LogP contribution in [-0.4, -0.2) is 16.3 Å². The van der Waals surface area contributed by atoms with Crippen LogP contribution in [-0.2, 0) is 24.1 Å². The van der Waals surface area contributed by atoms with Crippen LogP contribution in [0.2, 0.25) is 0 Å². The Morgan fingerprint density at radius 1 is 1.24 bits per heavy atom. The zero-order valence-electron chi connectivity index (χ0n) is 18.5. The number of ether oxygens (including phenoxy) is 2. The van der Waals surface area contributed by atoms with Gasteiger partial charge in [0.05, 0.1) is 23.9 Å². The molecule has 1 aromatic carbocycles. The van der Waals surface area contributed by atoms with Crippen molar-refractivity contribution in [3.05, 3.63) is 82.7 Å². The molecule has 4 rings (SSSR count). The Hall–Kier alpha value is -3.15. The van der Waals surface area contributed by atoms with Crippen LogP contribution in [0.4, 0.5) is 13.2 Å². The predicted molar refractivity (Wildman–Crippen MR) is 116 cm³/mol. The van der Waals surface area contributed by atoms with Gasteiger partial charge in [-0.3, -0.25) is 10.3 Å². The first kappa shape index (κ1) is 23.0. The van der Waals surface area contributed by atoms with Crippen molar-refractivity contribution < 1.29 is 22.6 Å². The molecule has 1 aromatic heterocycles. The van der Waals surface area contributed by atoms with Crippen molar-refractivity contribution in [2.24, 2.45) is 0 Å². The average molecular weight is 455 g/mol. The lowest BCUT2D eigenvalue weighted by molar-refractivity contribution is -0.180. The van der Waals surface area contributed by atoms with Crippen LogP contribution in [0.15, 0.2) is 54.8 Å². The zero-order valence-corrected chi connectivity index (χ0v) is 18.5. The molecule has 33 heavy (non-hydrogen) atoms. The maximum absolute atomic E-state index is 13.0. The summed E-state index contributed by atoms with van der Waals surface area (Å²) in [5.74, 6) is -0.406. The van der Waals surface area contributed by atoms with Crippen LogP contribution in [0, 0.1) is 18.3 Å². The number of alkyl halides is 3. The number of allylic oxidation sites excluding steroid dienone is 2. The number of aromatic nitrogens is 1. The van der Waals surface area contributed by atoms with Crippen molar-refractivity contribution in [3.63, 3.8) is 0 Å². The number of aryl methyl sites for hydroxylation is 1. The number of benzene rings is 1. The second-order valence-corrected chi connectivity index (χ2v) is 8.67. The van der Waals surface area contributed by atoms with Crippen molar-refractivity contribution >= 4 is 0 Å². The Balaban J connectivity index is 1.51. The summed E-state index contributed by atoms with van der Waals surface area (Å²) in [7, 11) is 0. The number of nitrogens with one attached hydrogen (secondary N) is 1. The summed E-state index contributed by atoms with van der Waals surface area (Å²) in [5.41, 5.74) is 1.22. The summed E-state index contributed by atoms with van der Waals surface area (Å²) < 4.78 is 50.9. The quantitative estimate of drug-likeness (QED) is 0.633. The Morgan fingerprint density at radius 2 is 1.97 bits per heavy atom. The van der Waals surface area contributed by atoms with Gasteiger partial charge in [0.15, 0.2) is 0 Å². The first-order valence-corrected chi connectivity index (χ1v) is 10.5. The fourth-order valence-electron chi connectivity index (χ4n) is 3.89. The Labute approximate surface area is 190 Å². The number of hydrogen-bond acceptors (Lipinski definition) is 5. The molecule has 1 aliphatic carbocycles. The molecule has 8 heteroatoms. The molecule has 1 aliphatic heterocycles. The van der Waals surface area contributed by atoms with Crippen molar-refractivity contribution in [2.45, 2.75) is 57.3 Å². The van der Waals surface area contributed by atoms with Crippen molar-refractivity contribution in [3.8, 4) is 11.8 Å². The van der Waals surface area contributed by atoms with E-state index in [9.17, 15) is 18.4 Å². The van der Waals surface area contributed by atoms with Crippen molar-refractivity contribution in [1.82, 2.24) is 10.3 Å². The van der Waals surface area contributed by atoms with Crippen LogP contribution >= 0.6 is 0 Å². The molecule has 0 unspecified atom stereocenters. The number of nitriles is 1. The highest BCUT2D eigenvalue weighted by molar-refractivity contribution is 5.45. The minimum Gasteiger partial charge on any atom is -0.461 e. The van der Waals surface area contributed by atoms with Crippen molar-refractivity contribution in [2.75, 3.05) is 0 Å². The molecule has 0 fully saturated rings. The maximum atomic E-state index is 13.0. The third-order valence-corrected chi connectivity index (χ3v) is 5.80. The Bertz CT molecular complexity index is 1150. The molecule has 1 N–H and O–H groups in total. The van der Waals surface area contributed by atoms with E-state index in [0.717, 1.165) is 29.0 Å². The Kier molecular flexibility index (Phi) is 5.81. The van der Waals surface area contributed by atoms with Gasteiger partial charge < -0.3 is 9.47 Å². The minimum atomic E-state index is -4.40. The highest BCUT2D eigenvalue weighted by Gasteiger charge is 2.33. The smallest absolute Gasteiger partial charge is 0.416 e. The second-order valence-electron chi connectivity index (χ2n) is 8.67. The van der Waals surface area contributed by atoms with Gasteiger partial charge >= 0.3 is 6.18 Å². The van der Waals surface area contributed by atoms with Crippen LogP contribution in [0.1, 0.15) is 47.7 Å². The van der Waals surface area contributed by atoms with Crippen LogP contribution in [0.5, 0.6) is 5.75 Å². The van der Waals surface area contributed by atoms with Gasteiger partial charge in [0, 0.05) is 38.1 Å². The molecule has 0 radical (unpaired) electrons. The fourth-order valence-corrected chi connectivity index (χ4v) is 3.89. The largest absolute Gasteiger partial charge is 0.461 e. The lowest BCUT2D eigenvalue weighted by atomic mass is 9.86. The Morgan fingerprint density at radius 3 is 2.64 bits per heavy atom. The zero-order chi connectivity index (χ0) is 23.9. The summed E-state index contributed by atoms with van der Waals surface area (Å²) in [4.78, 5) is 4.42. The molecule has 0 spiro atoms. The molecule has 172 valence electrons. The molecule has 5 nitrogen and oxygen atoms in total. The number of pyridine rings is 1. The van der Waals surface area contributed by atoms with Crippen molar-refractivity contribution in [1.29, 1.82) is 5.26 Å². The summed E-state index contributed by atoms with van der Waals surface area (Å²) in [6.45, 7) is 6.24. The van der Waals surface area contributed by atoms with E-state index in [2.05, 4.69) is 16.4 Å². The number of hydrogen-bond donors (Lipinski definition) is 1. The fraction of sp³-hybridized carbons (Fsp3) is 0.360. The lowest BCUT2D eigenvalue weighted by Crippen LogP contribution is -2.41. The molecule has 0 bridgehead atoms. The first-order chi connectivity index (χ1) is 15.5. The highest BCUT2D eigenvalue weighted by Crippen LogP contribution is 2.36. The normalized spacial score (nSPS) is 23.5. The standard InChI is InChI=1S/C25H24F3N3O2/c1-16-22-21(14-32-23(2,3)33-22)19(12-30-16)13-31-24(15-29)9-7-17(8-10-24)18-5-4-6-20(11-18)25(26,27)28/h4-12,17,31H,13-14H2,1-3H3. The third-order valence-electron chi connectivity index (χ3n) is 5.80. The number of rotatable bonds is 4. The van der Waals surface area contributed by atoms with Gasteiger partial charge in [-0.15, -0.1) is 0 Å². The average Bonchev–Trinajstić information content (AvgIpc) is 2.78. The molecule has 2 aliphatic rings. The van der Waals surface area contributed by atoms with Crippen LogP contribution < -0.4 is 10.1 Å². The lowest BCUT2D eigenvalue weighted by Gasteiger charge is -2.34. The highest BCUT2D eigenvalue weighted by atomic mass is 19.4. The van der Waals surface area contributed by atoms with E-state index in [1.807, 2.05) is 20.8 Å². The van der Waals surface area contributed by atoms with E-state index in [4.69, 9.17) is 9.47 Å². The third kappa shape index (κ3) is 4.80. The van der Waals surface area contributed by atoms with Gasteiger partial charge in [0.25, 0.3) is 0 Å². The summed E-state index contributed by atoms with van der Waals surface area (Å²) in [5, 5.41) is 13.1. The van der Waals surface area contributed by atoms with Gasteiger partial charge in [-0.05, 0) is 36.3 Å². The first-order valence-electron chi connectivity index (χ1n) is 10.5. The van der Waals surface area contributed by atoms with E-state index < -0.39 is 23.1 Å². The van der Waals surface area contributed by atoms with E-state index in [1.165, 1.54) is 6.07 Å². The summed E-state index contributed by atoms with van der Waals surface area (Å²) in [6.07, 6.45) is 4.18. The van der Waals surface area contributed by atoms with E-state index in [0.29, 0.717) is 24.5 Å². The molecule has 0 saturated carbocycles. The summed E-state index contributed by atoms with van der Waals surface area (Å²) in [6, 6.07) is 7.47. The van der Waals surface area contributed by atoms with E-state index >= 15 is 0 Å². The van der Waals surface area contributed by atoms with E-state index in [-0.39, 0.29) is 5.92 Å². The topological polar surface area (TPSA) is 67.2 Å². The molecule has 0 amide bonds. The molecular weight excluding hydrogens is 431 g/mol. The number of nitrogens with zero attached hydrogens (tertiary/aromatic N) is 2.